The van der Waals surface area contributed by atoms with E-state index in [4.69, 9.17) is 0 Å². The van der Waals surface area contributed by atoms with Crippen molar-refractivity contribution in [1.29, 1.82) is 0 Å². The van der Waals surface area contributed by atoms with Crippen molar-refractivity contribution in [3.8, 4) is 0 Å². The summed E-state index contributed by atoms with van der Waals surface area (Å²) in [5.41, 5.74) is 2.55. The lowest BCUT2D eigenvalue weighted by atomic mass is 10.1. The molecule has 0 atom stereocenters. The molecule has 31 heavy (non-hydrogen) atoms. The molecule has 0 radical (unpaired) electrons. The number of carbonyl (C=O) groups excluding carboxylic acids is 1. The Labute approximate surface area is 178 Å². The maximum Gasteiger partial charge on any atom is 0.352 e. The Morgan fingerprint density at radius 3 is 2.42 bits per heavy atom. The van der Waals surface area contributed by atoms with Crippen LogP contribution in [0, 0.1) is 19.8 Å². The highest BCUT2D eigenvalue weighted by atomic mass is 16.2. The van der Waals surface area contributed by atoms with Crippen molar-refractivity contribution in [1.82, 2.24) is 18.7 Å². The predicted molar refractivity (Wildman–Crippen MR) is 121 cm³/mol. The number of benzene rings is 2. The third-order valence-corrected chi connectivity index (χ3v) is 5.03. The second-order valence-corrected chi connectivity index (χ2v) is 8.33. The van der Waals surface area contributed by atoms with Crippen LogP contribution in [-0.4, -0.2) is 24.7 Å². The molecule has 1 amide bonds. The van der Waals surface area contributed by atoms with E-state index in [0.29, 0.717) is 23.1 Å². The van der Waals surface area contributed by atoms with E-state index in [2.05, 4.69) is 10.4 Å². The molecule has 0 bridgehead atoms. The zero-order valence-electron chi connectivity index (χ0n) is 18.0. The third kappa shape index (κ3) is 3.88. The topological polar surface area (TPSA) is 90.4 Å². The zero-order chi connectivity index (χ0) is 22.3. The van der Waals surface area contributed by atoms with Crippen molar-refractivity contribution in [2.75, 3.05) is 5.32 Å². The number of aromatic nitrogens is 4. The highest BCUT2D eigenvalue weighted by Gasteiger charge is 2.19. The molecule has 0 unspecified atom stereocenters. The Kier molecular flexibility index (Phi) is 5.22. The van der Waals surface area contributed by atoms with Gasteiger partial charge < -0.3 is 5.32 Å². The number of hydrogen-bond donors (Lipinski definition) is 1. The first-order valence-electron chi connectivity index (χ1n) is 10.2. The number of nitrogens with zero attached hydrogens (tertiary/aromatic N) is 4. The minimum Gasteiger partial charge on any atom is -0.324 e. The van der Waals surface area contributed by atoms with E-state index in [9.17, 15) is 14.4 Å². The van der Waals surface area contributed by atoms with Crippen LogP contribution >= 0.6 is 0 Å². The molecular weight excluding hydrogens is 394 g/mol. The van der Waals surface area contributed by atoms with Crippen LogP contribution in [0.4, 0.5) is 5.69 Å². The molecule has 4 rings (SSSR count). The summed E-state index contributed by atoms with van der Waals surface area (Å²) in [7, 11) is 0. The zero-order valence-corrected chi connectivity index (χ0v) is 18.0. The molecule has 2 heterocycles. The maximum absolute atomic E-state index is 13.2. The first kappa shape index (κ1) is 20.6. The van der Waals surface area contributed by atoms with E-state index in [1.165, 1.54) is 8.97 Å². The van der Waals surface area contributed by atoms with Crippen LogP contribution in [0.2, 0.25) is 0 Å². The van der Waals surface area contributed by atoms with Gasteiger partial charge in [0.1, 0.15) is 6.54 Å². The average Bonchev–Trinajstić information content (AvgIpc) is 3.00. The fourth-order valence-corrected chi connectivity index (χ4v) is 3.88. The second-order valence-electron chi connectivity index (χ2n) is 8.33. The van der Waals surface area contributed by atoms with Gasteiger partial charge in [-0.2, -0.15) is 0 Å². The molecule has 2 aromatic heterocycles. The van der Waals surface area contributed by atoms with Gasteiger partial charge in [-0.1, -0.05) is 32.0 Å². The van der Waals surface area contributed by atoms with E-state index in [1.807, 2.05) is 45.9 Å². The van der Waals surface area contributed by atoms with Crippen LogP contribution in [0.1, 0.15) is 25.0 Å². The van der Waals surface area contributed by atoms with Crippen LogP contribution in [0.25, 0.3) is 16.7 Å². The average molecular weight is 419 g/mol. The number of para-hydroxylation sites is 1. The smallest absolute Gasteiger partial charge is 0.324 e. The maximum atomic E-state index is 13.2. The van der Waals surface area contributed by atoms with Gasteiger partial charge in [0.2, 0.25) is 11.7 Å². The number of rotatable bonds is 5. The summed E-state index contributed by atoms with van der Waals surface area (Å²) in [6, 6.07) is 12.7. The number of amides is 1. The summed E-state index contributed by atoms with van der Waals surface area (Å²) < 4.78 is 4.02. The molecule has 0 saturated heterocycles. The molecule has 0 spiro atoms. The number of carbonyl (C=O) groups is 1. The number of aryl methyl sites for hydroxylation is 2. The standard InChI is InChI=1S/C23H25N5O3/c1-14(2)12-26-21(30)18-7-5-6-8-19(18)28-22(26)25-27(23(28)31)13-20(29)24-17-10-15(3)9-16(4)11-17/h5-11,14H,12-13H2,1-4H3,(H,24,29). The van der Waals surface area contributed by atoms with E-state index in [0.717, 1.165) is 15.8 Å². The van der Waals surface area contributed by atoms with E-state index in [-0.39, 0.29) is 29.7 Å². The van der Waals surface area contributed by atoms with Crippen molar-refractivity contribution in [3.05, 3.63) is 74.4 Å². The number of anilines is 1. The van der Waals surface area contributed by atoms with Gasteiger partial charge in [0, 0.05) is 12.2 Å². The lowest BCUT2D eigenvalue weighted by molar-refractivity contribution is -0.117. The van der Waals surface area contributed by atoms with Gasteiger partial charge in [0.05, 0.1) is 10.9 Å². The van der Waals surface area contributed by atoms with Crippen LogP contribution < -0.4 is 16.6 Å². The number of nitrogens with one attached hydrogen (secondary N) is 1. The minimum absolute atomic E-state index is 0.177. The minimum atomic E-state index is -0.459. The highest BCUT2D eigenvalue weighted by Crippen LogP contribution is 2.14. The van der Waals surface area contributed by atoms with Gasteiger partial charge >= 0.3 is 5.69 Å². The Balaban J connectivity index is 1.80. The van der Waals surface area contributed by atoms with Crippen molar-refractivity contribution >= 4 is 28.3 Å². The summed E-state index contributed by atoms with van der Waals surface area (Å²) in [6.45, 7) is 8.05. The van der Waals surface area contributed by atoms with Gasteiger partial charge in [-0.3, -0.25) is 14.2 Å². The molecule has 0 aliphatic rings. The van der Waals surface area contributed by atoms with Gasteiger partial charge in [-0.15, -0.1) is 5.10 Å². The fourth-order valence-electron chi connectivity index (χ4n) is 3.88. The first-order chi connectivity index (χ1) is 14.7. The second kappa shape index (κ2) is 7.86. The SMILES string of the molecule is Cc1cc(C)cc(NC(=O)Cn2nc3n(CC(C)C)c(=O)c4ccccc4n3c2=O)c1. The van der Waals surface area contributed by atoms with Crippen LogP contribution in [0.15, 0.2) is 52.1 Å². The molecule has 8 heteroatoms. The Hall–Kier alpha value is -3.68. The third-order valence-electron chi connectivity index (χ3n) is 5.03. The van der Waals surface area contributed by atoms with Crippen molar-refractivity contribution in [2.45, 2.75) is 40.8 Å². The lowest BCUT2D eigenvalue weighted by Gasteiger charge is -2.11. The number of hydrogen-bond acceptors (Lipinski definition) is 4. The molecule has 4 aromatic rings. The van der Waals surface area contributed by atoms with Gasteiger partial charge in [0.25, 0.3) is 5.56 Å². The van der Waals surface area contributed by atoms with Crippen molar-refractivity contribution < 1.29 is 4.79 Å². The monoisotopic (exact) mass is 419 g/mol. The molecule has 0 aliphatic carbocycles. The van der Waals surface area contributed by atoms with E-state index in [1.54, 1.807) is 24.3 Å². The predicted octanol–water partition coefficient (Wildman–Crippen LogP) is 2.72. The fraction of sp³-hybridized carbons (Fsp3) is 0.304. The summed E-state index contributed by atoms with van der Waals surface area (Å²) in [5.74, 6) is 0.0509. The Bertz CT molecular complexity index is 1400. The largest absolute Gasteiger partial charge is 0.352 e. The summed E-state index contributed by atoms with van der Waals surface area (Å²) in [6.07, 6.45) is 0. The molecule has 8 nitrogen and oxygen atoms in total. The molecule has 2 aromatic carbocycles. The van der Waals surface area contributed by atoms with Crippen LogP contribution in [0.3, 0.4) is 0 Å². The molecular formula is C23H25N5O3. The summed E-state index contributed by atoms with van der Waals surface area (Å²) in [5, 5.41) is 7.63. The van der Waals surface area contributed by atoms with E-state index >= 15 is 0 Å². The molecule has 160 valence electrons. The molecule has 0 saturated carbocycles. The summed E-state index contributed by atoms with van der Waals surface area (Å²) >= 11 is 0. The van der Waals surface area contributed by atoms with Gasteiger partial charge in [-0.25, -0.2) is 13.9 Å². The van der Waals surface area contributed by atoms with Crippen LogP contribution in [-0.2, 0) is 17.9 Å². The number of fused-ring (bicyclic) bond motifs is 3. The molecule has 0 aliphatic heterocycles. The Morgan fingerprint density at radius 2 is 1.74 bits per heavy atom. The first-order valence-corrected chi connectivity index (χ1v) is 10.2. The van der Waals surface area contributed by atoms with Crippen molar-refractivity contribution in [3.63, 3.8) is 0 Å². The lowest BCUT2D eigenvalue weighted by Crippen LogP contribution is -2.29. The normalized spacial score (nSPS) is 11.5. The van der Waals surface area contributed by atoms with Gasteiger partial charge in [0.15, 0.2) is 0 Å². The molecule has 0 fully saturated rings. The van der Waals surface area contributed by atoms with Gasteiger partial charge in [-0.05, 0) is 55.2 Å². The van der Waals surface area contributed by atoms with Crippen molar-refractivity contribution in [2.24, 2.45) is 5.92 Å². The Morgan fingerprint density at radius 1 is 1.06 bits per heavy atom. The van der Waals surface area contributed by atoms with E-state index < -0.39 is 5.69 Å². The summed E-state index contributed by atoms with van der Waals surface area (Å²) in [4.78, 5) is 38.8. The van der Waals surface area contributed by atoms with Crippen LogP contribution in [0.5, 0.6) is 0 Å². The quantitative estimate of drug-likeness (QED) is 0.539. The highest BCUT2D eigenvalue weighted by molar-refractivity contribution is 5.90. The molecule has 1 N–H and O–H groups in total.